The minimum absolute atomic E-state index is 0.509. The minimum atomic E-state index is 0.509. The molecule has 0 saturated heterocycles. The number of nitrogens with one attached hydrogen (secondary N) is 1. The van der Waals surface area contributed by atoms with E-state index < -0.39 is 0 Å². The van der Waals surface area contributed by atoms with E-state index in [-0.39, 0.29) is 0 Å². The number of halogens is 2. The molecular weight excluding hydrogens is 291 g/mol. The van der Waals surface area contributed by atoms with Crippen LogP contribution in [0.4, 0.5) is 5.13 Å². The fraction of sp³-hybridized carbons (Fsp3) is 0.417. The molecule has 1 N–H and O–H groups in total. The third kappa shape index (κ3) is 2.66. The van der Waals surface area contributed by atoms with Gasteiger partial charge in [0.1, 0.15) is 5.52 Å². The molecular formula is C12H14Cl2N2OS. The number of ether oxygens (including phenoxy) is 1. The van der Waals surface area contributed by atoms with Gasteiger partial charge >= 0.3 is 0 Å². The van der Waals surface area contributed by atoms with Crippen molar-refractivity contribution in [3.63, 3.8) is 0 Å². The monoisotopic (exact) mass is 304 g/mol. The van der Waals surface area contributed by atoms with E-state index in [2.05, 4.69) is 10.3 Å². The third-order valence-corrected chi connectivity index (χ3v) is 4.05. The Labute approximate surface area is 120 Å². The number of fused-ring (bicyclic) bond motifs is 1. The van der Waals surface area contributed by atoms with Gasteiger partial charge in [-0.3, -0.25) is 0 Å². The molecule has 3 nitrogen and oxygen atoms in total. The largest absolute Gasteiger partial charge is 0.490 e. The van der Waals surface area contributed by atoms with Gasteiger partial charge in [-0.15, -0.1) is 0 Å². The first-order chi connectivity index (χ1) is 8.67. The van der Waals surface area contributed by atoms with Crippen LogP contribution in [-0.4, -0.2) is 18.1 Å². The van der Waals surface area contributed by atoms with Crippen LogP contribution in [0.3, 0.4) is 0 Å². The number of rotatable bonds is 5. The molecule has 1 aromatic carbocycles. The molecule has 0 radical (unpaired) electrons. The fourth-order valence-electron chi connectivity index (χ4n) is 1.56. The van der Waals surface area contributed by atoms with Gasteiger partial charge < -0.3 is 10.1 Å². The van der Waals surface area contributed by atoms with Crippen LogP contribution in [0.15, 0.2) is 6.07 Å². The molecule has 1 aromatic heterocycles. The van der Waals surface area contributed by atoms with Crippen LogP contribution in [0, 0.1) is 0 Å². The zero-order chi connectivity index (χ0) is 13.1. The maximum Gasteiger partial charge on any atom is 0.183 e. The lowest BCUT2D eigenvalue weighted by atomic mass is 10.3. The SMILES string of the molecule is CCCOc1c(Cl)cc(Cl)c2sc(NCC)nc12. The lowest BCUT2D eigenvalue weighted by Crippen LogP contribution is -1.97. The molecule has 0 fully saturated rings. The molecule has 0 bridgehead atoms. The van der Waals surface area contributed by atoms with Gasteiger partial charge in [-0.25, -0.2) is 4.98 Å². The Hall–Kier alpha value is -0.710. The molecule has 1 heterocycles. The Morgan fingerprint density at radius 2 is 2.11 bits per heavy atom. The molecule has 6 heteroatoms. The zero-order valence-electron chi connectivity index (χ0n) is 10.2. The summed E-state index contributed by atoms with van der Waals surface area (Å²) in [7, 11) is 0. The predicted octanol–water partition coefficient (Wildman–Crippen LogP) is 4.82. The number of anilines is 1. The quantitative estimate of drug-likeness (QED) is 0.859. The highest BCUT2D eigenvalue weighted by Gasteiger charge is 2.16. The first-order valence-electron chi connectivity index (χ1n) is 5.82. The van der Waals surface area contributed by atoms with Crippen molar-refractivity contribution in [3.05, 3.63) is 16.1 Å². The lowest BCUT2D eigenvalue weighted by Gasteiger charge is -2.07. The van der Waals surface area contributed by atoms with E-state index in [4.69, 9.17) is 27.9 Å². The van der Waals surface area contributed by atoms with Gasteiger partial charge in [-0.1, -0.05) is 41.5 Å². The highest BCUT2D eigenvalue weighted by molar-refractivity contribution is 7.22. The van der Waals surface area contributed by atoms with E-state index in [0.717, 1.165) is 28.3 Å². The van der Waals surface area contributed by atoms with Crippen molar-refractivity contribution < 1.29 is 4.74 Å². The summed E-state index contributed by atoms with van der Waals surface area (Å²) in [4.78, 5) is 4.49. The average Bonchev–Trinajstić information content (AvgIpc) is 2.73. The number of nitrogens with zero attached hydrogens (tertiary/aromatic N) is 1. The van der Waals surface area contributed by atoms with Gasteiger partial charge in [0, 0.05) is 6.54 Å². The maximum atomic E-state index is 6.18. The summed E-state index contributed by atoms with van der Waals surface area (Å²) < 4.78 is 6.58. The summed E-state index contributed by atoms with van der Waals surface area (Å²) in [5, 5.41) is 5.13. The van der Waals surface area contributed by atoms with E-state index >= 15 is 0 Å². The standard InChI is InChI=1S/C12H14Cl2N2OS/c1-3-5-17-10-7(13)6-8(14)11-9(10)16-12(18-11)15-4-2/h6H,3-5H2,1-2H3,(H,15,16). The second-order valence-corrected chi connectivity index (χ2v) is 5.56. The summed E-state index contributed by atoms with van der Waals surface area (Å²) in [6, 6.07) is 1.71. The molecule has 0 aliphatic rings. The van der Waals surface area contributed by atoms with Crippen LogP contribution in [0.1, 0.15) is 20.3 Å². The molecule has 0 spiro atoms. The summed E-state index contributed by atoms with van der Waals surface area (Å²) in [6.45, 7) is 5.50. The van der Waals surface area contributed by atoms with Gasteiger partial charge in [-0.05, 0) is 19.4 Å². The van der Waals surface area contributed by atoms with E-state index in [1.165, 1.54) is 11.3 Å². The molecule has 2 rings (SSSR count). The van der Waals surface area contributed by atoms with Crippen LogP contribution >= 0.6 is 34.5 Å². The predicted molar refractivity (Wildman–Crippen MR) is 79.6 cm³/mol. The van der Waals surface area contributed by atoms with Crippen LogP contribution in [0.25, 0.3) is 10.2 Å². The number of hydrogen-bond acceptors (Lipinski definition) is 4. The fourth-order valence-corrected chi connectivity index (χ4v) is 3.12. The Morgan fingerprint density at radius 3 is 2.78 bits per heavy atom. The highest BCUT2D eigenvalue weighted by Crippen LogP contribution is 2.42. The second-order valence-electron chi connectivity index (χ2n) is 3.74. The molecule has 98 valence electrons. The van der Waals surface area contributed by atoms with Gasteiger partial charge in [0.25, 0.3) is 0 Å². The molecule has 0 atom stereocenters. The minimum Gasteiger partial charge on any atom is -0.490 e. The van der Waals surface area contributed by atoms with Crippen LogP contribution in [0.2, 0.25) is 10.0 Å². The highest BCUT2D eigenvalue weighted by atomic mass is 35.5. The molecule has 18 heavy (non-hydrogen) atoms. The summed E-state index contributed by atoms with van der Waals surface area (Å²) >= 11 is 13.9. The lowest BCUT2D eigenvalue weighted by molar-refractivity contribution is 0.321. The maximum absolute atomic E-state index is 6.18. The van der Waals surface area contributed by atoms with Gasteiger partial charge in [-0.2, -0.15) is 0 Å². The van der Waals surface area contributed by atoms with Crippen molar-refractivity contribution in [2.75, 3.05) is 18.5 Å². The van der Waals surface area contributed by atoms with Crippen LogP contribution in [-0.2, 0) is 0 Å². The first-order valence-corrected chi connectivity index (χ1v) is 7.39. The van der Waals surface area contributed by atoms with Crippen molar-refractivity contribution >= 4 is 49.9 Å². The number of thiazole rings is 1. The summed E-state index contributed by atoms with van der Waals surface area (Å²) in [6.07, 6.45) is 0.921. The van der Waals surface area contributed by atoms with Crippen molar-refractivity contribution in [2.45, 2.75) is 20.3 Å². The van der Waals surface area contributed by atoms with Crippen molar-refractivity contribution in [2.24, 2.45) is 0 Å². The van der Waals surface area contributed by atoms with Crippen LogP contribution < -0.4 is 10.1 Å². The van der Waals surface area contributed by atoms with Crippen molar-refractivity contribution in [1.82, 2.24) is 4.98 Å². The smallest absolute Gasteiger partial charge is 0.183 e. The Balaban J connectivity index is 2.53. The summed E-state index contributed by atoms with van der Waals surface area (Å²) in [5.74, 6) is 0.623. The molecule has 0 aliphatic heterocycles. The molecule has 0 amide bonds. The molecule has 0 aliphatic carbocycles. The first kappa shape index (κ1) is 13.7. The molecule has 0 saturated carbocycles. The average molecular weight is 305 g/mol. The van der Waals surface area contributed by atoms with E-state index in [0.29, 0.717) is 22.4 Å². The number of hydrogen-bond donors (Lipinski definition) is 1. The van der Waals surface area contributed by atoms with Crippen molar-refractivity contribution in [3.8, 4) is 5.75 Å². The number of aromatic nitrogens is 1. The topological polar surface area (TPSA) is 34.1 Å². The van der Waals surface area contributed by atoms with Gasteiger partial charge in [0.05, 0.1) is 21.4 Å². The third-order valence-electron chi connectivity index (χ3n) is 2.31. The van der Waals surface area contributed by atoms with E-state index in [1.54, 1.807) is 6.07 Å². The van der Waals surface area contributed by atoms with Gasteiger partial charge in [0.15, 0.2) is 10.9 Å². The summed E-state index contributed by atoms with van der Waals surface area (Å²) in [5.41, 5.74) is 0.738. The van der Waals surface area contributed by atoms with Crippen LogP contribution in [0.5, 0.6) is 5.75 Å². The molecule has 0 unspecified atom stereocenters. The van der Waals surface area contributed by atoms with E-state index in [1.807, 2.05) is 13.8 Å². The Morgan fingerprint density at radius 1 is 1.33 bits per heavy atom. The van der Waals surface area contributed by atoms with E-state index in [9.17, 15) is 0 Å². The number of benzene rings is 1. The normalized spacial score (nSPS) is 10.9. The second kappa shape index (κ2) is 5.95. The Bertz CT molecular complexity index is 556. The molecule has 2 aromatic rings. The Kier molecular flexibility index (Phi) is 4.54. The van der Waals surface area contributed by atoms with Crippen molar-refractivity contribution in [1.29, 1.82) is 0 Å². The van der Waals surface area contributed by atoms with Gasteiger partial charge in [0.2, 0.25) is 0 Å². The zero-order valence-corrected chi connectivity index (χ0v) is 12.5.